The first kappa shape index (κ1) is 18.4. The Morgan fingerprint density at radius 1 is 1.11 bits per heavy atom. The number of phenols is 1. The molecular weight excluding hydrogens is 359 g/mol. The largest absolute Gasteiger partial charge is 0.507 e. The highest BCUT2D eigenvalue weighted by molar-refractivity contribution is 5.73. The van der Waals surface area contributed by atoms with Crippen molar-refractivity contribution in [2.75, 3.05) is 11.9 Å². The van der Waals surface area contributed by atoms with Crippen molar-refractivity contribution in [3.63, 3.8) is 0 Å². The normalized spacial score (nSPS) is 15.0. The van der Waals surface area contributed by atoms with E-state index in [1.165, 1.54) is 37.6 Å². The zero-order valence-electron chi connectivity index (χ0n) is 16.0. The lowest BCUT2D eigenvalue weighted by Gasteiger charge is -2.31. The molecule has 3 aromatic rings. The minimum Gasteiger partial charge on any atom is -0.507 e. The van der Waals surface area contributed by atoms with Crippen molar-refractivity contribution in [1.82, 2.24) is 15.2 Å². The summed E-state index contributed by atoms with van der Waals surface area (Å²) in [5.74, 6) is 0.876. The number of hydrogen-bond acceptors (Lipinski definition) is 6. The average molecular weight is 382 g/mol. The highest BCUT2D eigenvalue weighted by Gasteiger charge is 2.20. The number of nitrogens with zero attached hydrogens (tertiary/aromatic N) is 4. The second-order valence-corrected chi connectivity index (χ2v) is 7.27. The van der Waals surface area contributed by atoms with E-state index in [9.17, 15) is 9.50 Å². The maximum atomic E-state index is 14.6. The number of hydrogen-bond donors (Lipinski definition) is 1. The number of benzene rings is 1. The molecule has 4 rings (SSSR count). The molecule has 1 aromatic carbocycles. The minimum absolute atomic E-state index is 0.0897. The van der Waals surface area contributed by atoms with Crippen LogP contribution in [0.4, 0.5) is 10.2 Å². The van der Waals surface area contributed by atoms with E-state index in [4.69, 9.17) is 4.42 Å². The SMILES string of the molecule is Cc1ncc(-c2cc(O)c(-c3ccc(N(C)C4CCCCC4)nn3)cc2F)o1. The Labute approximate surface area is 163 Å². The van der Waals surface area contributed by atoms with Crippen LogP contribution in [-0.2, 0) is 0 Å². The molecule has 2 aromatic heterocycles. The van der Waals surface area contributed by atoms with Gasteiger partial charge in [0.05, 0.1) is 17.5 Å². The summed E-state index contributed by atoms with van der Waals surface area (Å²) in [6, 6.07) is 6.67. The maximum absolute atomic E-state index is 14.6. The van der Waals surface area contributed by atoms with Gasteiger partial charge in [-0.05, 0) is 37.1 Å². The monoisotopic (exact) mass is 382 g/mol. The average Bonchev–Trinajstić information content (AvgIpc) is 3.16. The molecule has 0 bridgehead atoms. The van der Waals surface area contributed by atoms with Gasteiger partial charge in [-0.3, -0.25) is 0 Å². The van der Waals surface area contributed by atoms with Gasteiger partial charge in [-0.15, -0.1) is 10.2 Å². The molecule has 7 heteroatoms. The number of oxazole rings is 1. The number of aromatic nitrogens is 3. The number of aromatic hydroxyl groups is 1. The second-order valence-electron chi connectivity index (χ2n) is 7.27. The van der Waals surface area contributed by atoms with Crippen molar-refractivity contribution < 1.29 is 13.9 Å². The van der Waals surface area contributed by atoms with E-state index in [2.05, 4.69) is 20.1 Å². The first-order valence-electron chi connectivity index (χ1n) is 9.55. The molecule has 0 unspecified atom stereocenters. The molecule has 1 fully saturated rings. The van der Waals surface area contributed by atoms with Crippen LogP contribution in [0, 0.1) is 12.7 Å². The Morgan fingerprint density at radius 2 is 1.89 bits per heavy atom. The lowest BCUT2D eigenvalue weighted by atomic mass is 9.94. The highest BCUT2D eigenvalue weighted by Crippen LogP contribution is 2.35. The Bertz CT molecular complexity index is 965. The zero-order valence-corrected chi connectivity index (χ0v) is 16.0. The van der Waals surface area contributed by atoms with Crippen LogP contribution in [-0.4, -0.2) is 33.4 Å². The molecule has 2 heterocycles. The van der Waals surface area contributed by atoms with Crippen molar-refractivity contribution in [2.24, 2.45) is 0 Å². The molecule has 0 atom stereocenters. The second kappa shape index (κ2) is 7.58. The lowest BCUT2D eigenvalue weighted by molar-refractivity contribution is 0.425. The molecule has 0 spiro atoms. The molecule has 1 N–H and O–H groups in total. The van der Waals surface area contributed by atoms with Crippen LogP contribution in [0.5, 0.6) is 5.75 Å². The Hall–Kier alpha value is -2.96. The predicted molar refractivity (Wildman–Crippen MR) is 105 cm³/mol. The van der Waals surface area contributed by atoms with E-state index in [1.807, 2.05) is 13.1 Å². The van der Waals surface area contributed by atoms with Gasteiger partial charge in [0.25, 0.3) is 0 Å². The van der Waals surface area contributed by atoms with Crippen LogP contribution in [0.3, 0.4) is 0 Å². The molecule has 1 aliphatic carbocycles. The number of phenolic OH excluding ortho intramolecular Hbond substituents is 1. The number of halogens is 1. The van der Waals surface area contributed by atoms with Crippen molar-refractivity contribution in [2.45, 2.75) is 45.1 Å². The zero-order chi connectivity index (χ0) is 19.7. The predicted octanol–water partition coefficient (Wildman–Crippen LogP) is 4.72. The Balaban J connectivity index is 1.59. The topological polar surface area (TPSA) is 75.3 Å². The van der Waals surface area contributed by atoms with E-state index in [0.29, 0.717) is 17.6 Å². The number of anilines is 1. The van der Waals surface area contributed by atoms with Crippen LogP contribution in [0.1, 0.15) is 38.0 Å². The van der Waals surface area contributed by atoms with Gasteiger partial charge in [0.2, 0.25) is 0 Å². The summed E-state index contributed by atoms with van der Waals surface area (Å²) in [6.07, 6.45) is 7.53. The van der Waals surface area contributed by atoms with Crippen LogP contribution in [0.25, 0.3) is 22.6 Å². The third-order valence-corrected chi connectivity index (χ3v) is 5.38. The first-order valence-corrected chi connectivity index (χ1v) is 9.55. The molecule has 1 aliphatic rings. The van der Waals surface area contributed by atoms with Crippen molar-refractivity contribution in [3.05, 3.63) is 42.2 Å². The maximum Gasteiger partial charge on any atom is 0.191 e. The molecule has 0 radical (unpaired) electrons. The molecule has 28 heavy (non-hydrogen) atoms. The van der Waals surface area contributed by atoms with Gasteiger partial charge in [-0.1, -0.05) is 19.3 Å². The number of rotatable bonds is 4. The minimum atomic E-state index is -0.519. The highest BCUT2D eigenvalue weighted by atomic mass is 19.1. The third kappa shape index (κ3) is 3.56. The van der Waals surface area contributed by atoms with Crippen molar-refractivity contribution >= 4 is 5.82 Å². The van der Waals surface area contributed by atoms with Gasteiger partial charge in [-0.2, -0.15) is 0 Å². The van der Waals surface area contributed by atoms with Gasteiger partial charge in [0, 0.05) is 25.6 Å². The van der Waals surface area contributed by atoms with E-state index in [0.717, 1.165) is 18.7 Å². The molecule has 6 nitrogen and oxygen atoms in total. The summed E-state index contributed by atoms with van der Waals surface area (Å²) in [7, 11) is 2.03. The Kier molecular flexibility index (Phi) is 4.98. The van der Waals surface area contributed by atoms with Crippen LogP contribution >= 0.6 is 0 Å². The fraction of sp³-hybridized carbons (Fsp3) is 0.381. The fourth-order valence-electron chi connectivity index (χ4n) is 3.75. The molecule has 0 amide bonds. The summed E-state index contributed by atoms with van der Waals surface area (Å²) in [5.41, 5.74) is 0.859. The third-order valence-electron chi connectivity index (χ3n) is 5.38. The summed E-state index contributed by atoms with van der Waals surface area (Å²) in [6.45, 7) is 1.68. The van der Waals surface area contributed by atoms with Crippen molar-refractivity contribution in [1.29, 1.82) is 0 Å². The summed E-state index contributed by atoms with van der Waals surface area (Å²) < 4.78 is 20.0. The van der Waals surface area contributed by atoms with Gasteiger partial charge >= 0.3 is 0 Å². The molecular formula is C21H23FN4O2. The van der Waals surface area contributed by atoms with Gasteiger partial charge in [0.15, 0.2) is 17.5 Å². The van der Waals surface area contributed by atoms with E-state index >= 15 is 0 Å². The Morgan fingerprint density at radius 3 is 2.54 bits per heavy atom. The molecule has 1 saturated carbocycles. The van der Waals surface area contributed by atoms with Crippen LogP contribution < -0.4 is 4.90 Å². The van der Waals surface area contributed by atoms with Crippen molar-refractivity contribution in [3.8, 4) is 28.3 Å². The van der Waals surface area contributed by atoms with E-state index in [1.54, 1.807) is 13.0 Å². The quantitative estimate of drug-likeness (QED) is 0.704. The molecule has 0 aliphatic heterocycles. The smallest absolute Gasteiger partial charge is 0.191 e. The lowest BCUT2D eigenvalue weighted by Crippen LogP contribution is -2.34. The molecule has 146 valence electrons. The number of aryl methyl sites for hydroxylation is 1. The van der Waals surface area contributed by atoms with E-state index < -0.39 is 5.82 Å². The van der Waals surface area contributed by atoms with Crippen LogP contribution in [0.15, 0.2) is 34.9 Å². The van der Waals surface area contributed by atoms with E-state index in [-0.39, 0.29) is 22.6 Å². The summed E-state index contributed by atoms with van der Waals surface area (Å²) >= 11 is 0. The first-order chi connectivity index (χ1) is 13.5. The van der Waals surface area contributed by atoms with Gasteiger partial charge in [0.1, 0.15) is 11.6 Å². The summed E-state index contributed by atoms with van der Waals surface area (Å²) in [5, 5.41) is 18.9. The molecule has 0 saturated heterocycles. The fourth-order valence-corrected chi connectivity index (χ4v) is 3.75. The van der Waals surface area contributed by atoms with Gasteiger partial charge in [-0.25, -0.2) is 9.37 Å². The standard InChI is InChI=1S/C21H23FN4O2/c1-13-23-12-20(28-13)15-11-19(27)16(10-17(15)22)18-8-9-21(25-24-18)26(2)14-6-4-3-5-7-14/h8-12,14,27H,3-7H2,1-2H3. The van der Waals surface area contributed by atoms with Crippen LogP contribution in [0.2, 0.25) is 0 Å². The van der Waals surface area contributed by atoms with Gasteiger partial charge < -0.3 is 14.4 Å². The summed E-state index contributed by atoms with van der Waals surface area (Å²) in [4.78, 5) is 6.13.